The minimum Gasteiger partial charge on any atom is -0.481 e. The number of ether oxygens (including phenoxy) is 1. The maximum absolute atomic E-state index is 12.9. The lowest BCUT2D eigenvalue weighted by Gasteiger charge is -2.10. The van der Waals surface area contributed by atoms with Gasteiger partial charge >= 0.3 is 0 Å². The smallest absolute Gasteiger partial charge is 0.216 e. The molecule has 0 aliphatic carbocycles. The van der Waals surface area contributed by atoms with Crippen molar-refractivity contribution in [3.63, 3.8) is 0 Å². The molecule has 19 heavy (non-hydrogen) atoms. The van der Waals surface area contributed by atoms with E-state index in [0.717, 1.165) is 35.5 Å². The van der Waals surface area contributed by atoms with Gasteiger partial charge in [-0.15, -0.1) is 0 Å². The molecule has 0 spiro atoms. The number of nitrogens with one attached hydrogen (secondary N) is 1. The summed E-state index contributed by atoms with van der Waals surface area (Å²) in [6.07, 6.45) is 1.62. The number of halogens is 1. The molecule has 98 valence electrons. The standard InChI is InChI=1S/C15H15FN2O/c1-19-15-11(8-10-2-4-12(16)5-3-10)9-14-13(18-15)6-7-17-14/h2-5,9,17H,6-8H2,1H3. The lowest BCUT2D eigenvalue weighted by atomic mass is 10.1. The Kier molecular flexibility index (Phi) is 3.07. The number of nitrogens with zero attached hydrogens (tertiary/aromatic N) is 1. The van der Waals surface area contributed by atoms with E-state index in [2.05, 4.69) is 16.4 Å². The van der Waals surface area contributed by atoms with Crippen molar-refractivity contribution in [1.29, 1.82) is 0 Å². The Morgan fingerprint density at radius 1 is 1.32 bits per heavy atom. The lowest BCUT2D eigenvalue weighted by molar-refractivity contribution is 0.392. The van der Waals surface area contributed by atoms with E-state index in [1.165, 1.54) is 12.1 Å². The Labute approximate surface area is 111 Å². The predicted molar refractivity (Wildman–Crippen MR) is 72.2 cm³/mol. The molecule has 3 nitrogen and oxygen atoms in total. The molecule has 0 bridgehead atoms. The number of benzene rings is 1. The third kappa shape index (κ3) is 2.38. The van der Waals surface area contributed by atoms with Crippen LogP contribution in [0.5, 0.6) is 5.88 Å². The molecule has 1 aromatic carbocycles. The molecule has 0 radical (unpaired) electrons. The minimum atomic E-state index is -0.218. The quantitative estimate of drug-likeness (QED) is 0.919. The second kappa shape index (κ2) is 4.88. The Bertz CT molecular complexity index is 596. The minimum absolute atomic E-state index is 0.218. The van der Waals surface area contributed by atoms with E-state index in [-0.39, 0.29) is 5.82 Å². The first-order valence-electron chi connectivity index (χ1n) is 6.31. The van der Waals surface area contributed by atoms with Gasteiger partial charge in [-0.1, -0.05) is 12.1 Å². The molecule has 1 N–H and O–H groups in total. The van der Waals surface area contributed by atoms with Gasteiger partial charge in [0.2, 0.25) is 5.88 Å². The fourth-order valence-electron chi connectivity index (χ4n) is 2.36. The Morgan fingerprint density at radius 3 is 2.84 bits per heavy atom. The Balaban J connectivity index is 1.93. The molecule has 1 aliphatic rings. The van der Waals surface area contributed by atoms with Crippen LogP contribution in [-0.4, -0.2) is 18.6 Å². The molecule has 2 aromatic rings. The average molecular weight is 258 g/mol. The first-order chi connectivity index (χ1) is 9.26. The van der Waals surface area contributed by atoms with E-state index in [1.807, 2.05) is 0 Å². The molecule has 1 aliphatic heterocycles. The largest absolute Gasteiger partial charge is 0.481 e. The van der Waals surface area contributed by atoms with Crippen LogP contribution in [0.2, 0.25) is 0 Å². The van der Waals surface area contributed by atoms with E-state index in [0.29, 0.717) is 12.3 Å². The molecule has 0 atom stereocenters. The molecule has 0 saturated heterocycles. The van der Waals surface area contributed by atoms with Crippen LogP contribution in [0.3, 0.4) is 0 Å². The topological polar surface area (TPSA) is 34.1 Å². The molecule has 3 rings (SSSR count). The van der Waals surface area contributed by atoms with Gasteiger partial charge in [0.15, 0.2) is 0 Å². The SMILES string of the molecule is COc1nc2c(cc1Cc1ccc(F)cc1)NCC2. The summed E-state index contributed by atoms with van der Waals surface area (Å²) in [6, 6.07) is 8.60. The zero-order valence-electron chi connectivity index (χ0n) is 10.7. The highest BCUT2D eigenvalue weighted by Gasteiger charge is 2.16. The van der Waals surface area contributed by atoms with Crippen LogP contribution in [0.15, 0.2) is 30.3 Å². The summed E-state index contributed by atoms with van der Waals surface area (Å²) in [5.41, 5.74) is 4.19. The highest BCUT2D eigenvalue weighted by Crippen LogP contribution is 2.28. The van der Waals surface area contributed by atoms with Crippen molar-refractivity contribution in [3.8, 4) is 5.88 Å². The molecule has 0 saturated carbocycles. The van der Waals surface area contributed by atoms with Gasteiger partial charge in [0, 0.05) is 24.9 Å². The van der Waals surface area contributed by atoms with Gasteiger partial charge < -0.3 is 10.1 Å². The third-order valence-electron chi connectivity index (χ3n) is 3.32. The number of fused-ring (bicyclic) bond motifs is 1. The fraction of sp³-hybridized carbons (Fsp3) is 0.267. The van der Waals surface area contributed by atoms with Crippen molar-refractivity contribution in [3.05, 3.63) is 53.0 Å². The first-order valence-corrected chi connectivity index (χ1v) is 6.31. The van der Waals surface area contributed by atoms with Crippen molar-refractivity contribution < 1.29 is 9.13 Å². The molecule has 0 amide bonds. The summed E-state index contributed by atoms with van der Waals surface area (Å²) in [6.45, 7) is 0.922. The maximum atomic E-state index is 12.9. The van der Waals surface area contributed by atoms with Crippen LogP contribution in [0.1, 0.15) is 16.8 Å². The molecule has 0 fully saturated rings. The van der Waals surface area contributed by atoms with Gasteiger partial charge in [0.1, 0.15) is 5.82 Å². The zero-order chi connectivity index (χ0) is 13.2. The normalized spacial score (nSPS) is 12.9. The highest BCUT2D eigenvalue weighted by molar-refractivity contribution is 5.56. The molecule has 2 heterocycles. The van der Waals surface area contributed by atoms with Crippen LogP contribution in [0.4, 0.5) is 10.1 Å². The van der Waals surface area contributed by atoms with Gasteiger partial charge in [0.25, 0.3) is 0 Å². The van der Waals surface area contributed by atoms with E-state index in [4.69, 9.17) is 4.74 Å². The van der Waals surface area contributed by atoms with Crippen LogP contribution >= 0.6 is 0 Å². The summed E-state index contributed by atoms with van der Waals surface area (Å²) in [4.78, 5) is 4.53. The zero-order valence-corrected chi connectivity index (χ0v) is 10.7. The maximum Gasteiger partial charge on any atom is 0.216 e. The third-order valence-corrected chi connectivity index (χ3v) is 3.32. The molecular weight excluding hydrogens is 243 g/mol. The van der Waals surface area contributed by atoms with Gasteiger partial charge in [0.05, 0.1) is 18.5 Å². The number of rotatable bonds is 3. The van der Waals surface area contributed by atoms with Gasteiger partial charge in [-0.05, 0) is 23.8 Å². The van der Waals surface area contributed by atoms with E-state index >= 15 is 0 Å². The van der Waals surface area contributed by atoms with Gasteiger partial charge in [-0.3, -0.25) is 0 Å². The van der Waals surface area contributed by atoms with Crippen LogP contribution in [0, 0.1) is 5.82 Å². The van der Waals surface area contributed by atoms with E-state index < -0.39 is 0 Å². The number of hydrogen-bond acceptors (Lipinski definition) is 3. The summed E-state index contributed by atoms with van der Waals surface area (Å²) >= 11 is 0. The fourth-order valence-corrected chi connectivity index (χ4v) is 2.36. The summed E-state index contributed by atoms with van der Waals surface area (Å²) in [5.74, 6) is 0.441. The van der Waals surface area contributed by atoms with Crippen LogP contribution in [-0.2, 0) is 12.8 Å². The molecule has 1 aromatic heterocycles. The predicted octanol–water partition coefficient (Wildman–Crippen LogP) is 2.79. The van der Waals surface area contributed by atoms with Gasteiger partial charge in [-0.25, -0.2) is 9.37 Å². The summed E-state index contributed by atoms with van der Waals surface area (Å²) in [5, 5.41) is 3.31. The second-order valence-electron chi connectivity index (χ2n) is 4.63. The summed E-state index contributed by atoms with van der Waals surface area (Å²) in [7, 11) is 1.63. The van der Waals surface area contributed by atoms with Crippen LogP contribution in [0.25, 0.3) is 0 Å². The lowest BCUT2D eigenvalue weighted by Crippen LogP contribution is -1.99. The van der Waals surface area contributed by atoms with Crippen molar-refractivity contribution in [2.75, 3.05) is 19.0 Å². The van der Waals surface area contributed by atoms with Crippen molar-refractivity contribution >= 4 is 5.69 Å². The number of anilines is 1. The highest BCUT2D eigenvalue weighted by atomic mass is 19.1. The van der Waals surface area contributed by atoms with Crippen molar-refractivity contribution in [2.24, 2.45) is 0 Å². The van der Waals surface area contributed by atoms with Crippen molar-refractivity contribution in [1.82, 2.24) is 4.98 Å². The average Bonchev–Trinajstić information content (AvgIpc) is 2.87. The summed E-state index contributed by atoms with van der Waals surface area (Å²) < 4.78 is 18.3. The number of aromatic nitrogens is 1. The van der Waals surface area contributed by atoms with Crippen molar-refractivity contribution in [2.45, 2.75) is 12.8 Å². The Morgan fingerprint density at radius 2 is 2.11 bits per heavy atom. The first kappa shape index (κ1) is 12.0. The van der Waals surface area contributed by atoms with E-state index in [9.17, 15) is 4.39 Å². The number of hydrogen-bond donors (Lipinski definition) is 1. The molecular formula is C15H15FN2O. The molecule has 4 heteroatoms. The van der Waals surface area contributed by atoms with Gasteiger partial charge in [-0.2, -0.15) is 0 Å². The Hall–Kier alpha value is -2.10. The number of methoxy groups -OCH3 is 1. The van der Waals surface area contributed by atoms with Crippen LogP contribution < -0.4 is 10.1 Å². The molecule has 0 unspecified atom stereocenters. The monoisotopic (exact) mass is 258 g/mol. The number of pyridine rings is 1. The second-order valence-corrected chi connectivity index (χ2v) is 4.63. The van der Waals surface area contributed by atoms with E-state index in [1.54, 1.807) is 19.2 Å².